The van der Waals surface area contributed by atoms with Gasteiger partial charge in [0.2, 0.25) is 5.89 Å². The topological polar surface area (TPSA) is 94.8 Å². The molecule has 128 valence electrons. The van der Waals surface area contributed by atoms with Crippen LogP contribution in [0.25, 0.3) is 0 Å². The van der Waals surface area contributed by atoms with Gasteiger partial charge in [-0.3, -0.25) is 4.90 Å². The molecule has 0 aliphatic carbocycles. The van der Waals surface area contributed by atoms with Gasteiger partial charge >= 0.3 is 12.1 Å². The van der Waals surface area contributed by atoms with Gasteiger partial charge in [-0.25, -0.2) is 9.59 Å². The summed E-state index contributed by atoms with van der Waals surface area (Å²) in [6, 6.07) is -0.642. The zero-order valence-electron chi connectivity index (χ0n) is 14.2. The third-order valence-electron chi connectivity index (χ3n) is 3.34. The molecule has 2 rings (SSSR count). The maximum atomic E-state index is 12.4. The Morgan fingerprint density at radius 1 is 1.35 bits per heavy atom. The fraction of sp³-hybridized carbons (Fsp3) is 0.733. The molecule has 0 N–H and O–H groups in total. The number of hydrogen-bond acceptors (Lipinski definition) is 7. The van der Waals surface area contributed by atoms with E-state index >= 15 is 0 Å². The molecule has 23 heavy (non-hydrogen) atoms. The summed E-state index contributed by atoms with van der Waals surface area (Å²) in [6.45, 7) is 9.14. The third-order valence-corrected chi connectivity index (χ3v) is 3.34. The van der Waals surface area contributed by atoms with Gasteiger partial charge in [0.15, 0.2) is 6.10 Å². The van der Waals surface area contributed by atoms with Crippen molar-refractivity contribution in [2.24, 2.45) is 0 Å². The zero-order chi connectivity index (χ0) is 17.2. The molecule has 0 radical (unpaired) electrons. The minimum absolute atomic E-state index is 0.234. The highest BCUT2D eigenvalue weighted by Gasteiger charge is 2.38. The lowest BCUT2D eigenvalue weighted by molar-refractivity contribution is -0.154. The van der Waals surface area contributed by atoms with Crippen molar-refractivity contribution in [2.45, 2.75) is 65.2 Å². The molecule has 0 saturated carbocycles. The van der Waals surface area contributed by atoms with Crippen LogP contribution >= 0.6 is 0 Å². The summed E-state index contributed by atoms with van der Waals surface area (Å²) in [4.78, 5) is 26.0. The van der Waals surface area contributed by atoms with Crippen LogP contribution < -0.4 is 0 Å². The summed E-state index contributed by atoms with van der Waals surface area (Å²) in [7, 11) is 0. The first-order chi connectivity index (χ1) is 10.7. The van der Waals surface area contributed by atoms with E-state index in [1.165, 1.54) is 4.90 Å². The van der Waals surface area contributed by atoms with Crippen LogP contribution in [0.3, 0.4) is 0 Å². The molecule has 1 aliphatic heterocycles. The van der Waals surface area contributed by atoms with E-state index in [4.69, 9.17) is 13.9 Å². The Hall–Kier alpha value is -2.12. The van der Waals surface area contributed by atoms with E-state index in [1.54, 1.807) is 34.6 Å². The van der Waals surface area contributed by atoms with Gasteiger partial charge in [0, 0.05) is 13.5 Å². The third kappa shape index (κ3) is 4.43. The molecule has 1 aromatic heterocycles. The van der Waals surface area contributed by atoms with Gasteiger partial charge < -0.3 is 13.9 Å². The minimum atomic E-state index is -0.662. The molecule has 8 heteroatoms. The second kappa shape index (κ2) is 6.55. The van der Waals surface area contributed by atoms with E-state index < -0.39 is 29.8 Å². The van der Waals surface area contributed by atoms with Gasteiger partial charge in [-0.2, -0.15) is 0 Å². The van der Waals surface area contributed by atoms with Gasteiger partial charge in [-0.15, -0.1) is 10.2 Å². The second-order valence-corrected chi connectivity index (χ2v) is 6.57. The smallest absolute Gasteiger partial charge is 0.411 e. The lowest BCUT2D eigenvalue weighted by Crippen LogP contribution is -2.44. The van der Waals surface area contributed by atoms with E-state index in [0.717, 1.165) is 6.42 Å². The summed E-state index contributed by atoms with van der Waals surface area (Å²) in [5.74, 6) is 0.147. The van der Waals surface area contributed by atoms with E-state index in [2.05, 4.69) is 10.2 Å². The predicted molar refractivity (Wildman–Crippen MR) is 79.5 cm³/mol. The Morgan fingerprint density at radius 2 is 2.04 bits per heavy atom. The molecule has 1 aliphatic rings. The average Bonchev–Trinajstić information content (AvgIpc) is 3.04. The maximum Gasteiger partial charge on any atom is 0.411 e. The molecule has 8 nitrogen and oxygen atoms in total. The number of carbonyl (C=O) groups excluding carboxylic acids is 2. The monoisotopic (exact) mass is 325 g/mol. The van der Waals surface area contributed by atoms with Gasteiger partial charge in [-0.05, 0) is 40.5 Å². The predicted octanol–water partition coefficient (Wildman–Crippen LogP) is 2.38. The molecular weight excluding hydrogens is 302 g/mol. The number of amides is 1. The summed E-state index contributed by atoms with van der Waals surface area (Å²) < 4.78 is 15.9. The number of carbonyl (C=O) groups is 2. The Morgan fingerprint density at radius 3 is 2.61 bits per heavy atom. The van der Waals surface area contributed by atoms with Crippen molar-refractivity contribution in [3.05, 3.63) is 11.8 Å². The second-order valence-electron chi connectivity index (χ2n) is 6.57. The van der Waals surface area contributed by atoms with E-state index in [-0.39, 0.29) is 5.89 Å². The van der Waals surface area contributed by atoms with Crippen LogP contribution in [0.15, 0.2) is 4.42 Å². The first-order valence-electron chi connectivity index (χ1n) is 7.67. The maximum absolute atomic E-state index is 12.4. The molecule has 0 spiro atoms. The van der Waals surface area contributed by atoms with Crippen molar-refractivity contribution in [3.63, 3.8) is 0 Å². The van der Waals surface area contributed by atoms with Crippen LogP contribution in [0.4, 0.5) is 4.79 Å². The number of aryl methyl sites for hydroxylation is 1. The standard InChI is InChI=1S/C15H23N3O5/c1-9(12-17-16-10(2)22-12)21-13(19)11-7-6-8-18(11)14(20)23-15(3,4)5/h9,11H,6-8H2,1-5H3/t9-,11+/m0/s1. The number of rotatable bonds is 3. The molecule has 0 bridgehead atoms. The Labute approximate surface area is 135 Å². The van der Waals surface area contributed by atoms with Crippen LogP contribution in [0.1, 0.15) is 58.4 Å². The lowest BCUT2D eigenvalue weighted by Gasteiger charge is -2.28. The SMILES string of the molecule is Cc1nnc([C@H](C)OC(=O)[C@H]2CCCN2C(=O)OC(C)(C)C)o1. The summed E-state index contributed by atoms with van der Waals surface area (Å²) in [6.07, 6.45) is 0.115. The van der Waals surface area contributed by atoms with Gasteiger partial charge in [-0.1, -0.05) is 0 Å². The lowest BCUT2D eigenvalue weighted by atomic mass is 10.2. The fourth-order valence-corrected chi connectivity index (χ4v) is 2.33. The normalized spacial score (nSPS) is 19.5. The van der Waals surface area contributed by atoms with Crippen molar-refractivity contribution in [3.8, 4) is 0 Å². The molecule has 1 amide bonds. The van der Waals surface area contributed by atoms with Crippen LogP contribution in [0, 0.1) is 6.92 Å². The molecule has 1 aromatic rings. The number of ether oxygens (including phenoxy) is 2. The van der Waals surface area contributed by atoms with Gasteiger partial charge in [0.1, 0.15) is 11.6 Å². The highest BCUT2D eigenvalue weighted by molar-refractivity contribution is 5.82. The van der Waals surface area contributed by atoms with E-state index in [1.807, 2.05) is 0 Å². The Kier molecular flexibility index (Phi) is 4.91. The largest absolute Gasteiger partial charge is 0.451 e. The molecule has 1 saturated heterocycles. The number of nitrogens with zero attached hydrogens (tertiary/aromatic N) is 3. The Balaban J connectivity index is 1.99. The number of aromatic nitrogens is 2. The quantitative estimate of drug-likeness (QED) is 0.787. The number of esters is 1. The molecule has 0 unspecified atom stereocenters. The van der Waals surface area contributed by atoms with Crippen molar-refractivity contribution in [2.75, 3.05) is 6.54 Å². The number of likely N-dealkylation sites (tertiary alicyclic amines) is 1. The van der Waals surface area contributed by atoms with Crippen molar-refractivity contribution in [1.29, 1.82) is 0 Å². The van der Waals surface area contributed by atoms with Crippen molar-refractivity contribution < 1.29 is 23.5 Å². The van der Waals surface area contributed by atoms with Crippen LogP contribution in [-0.2, 0) is 14.3 Å². The molecule has 2 heterocycles. The first-order valence-corrected chi connectivity index (χ1v) is 7.67. The van der Waals surface area contributed by atoms with Crippen LogP contribution in [0.5, 0.6) is 0 Å². The minimum Gasteiger partial charge on any atom is -0.451 e. The average molecular weight is 325 g/mol. The first kappa shape index (κ1) is 17.2. The Bertz CT molecular complexity index is 578. The molecule has 1 fully saturated rings. The van der Waals surface area contributed by atoms with E-state index in [9.17, 15) is 9.59 Å². The number of hydrogen-bond donors (Lipinski definition) is 0. The summed E-state index contributed by atoms with van der Waals surface area (Å²) in [5.41, 5.74) is -0.608. The summed E-state index contributed by atoms with van der Waals surface area (Å²) >= 11 is 0. The molecule has 0 aromatic carbocycles. The molecular formula is C15H23N3O5. The van der Waals surface area contributed by atoms with Crippen molar-refractivity contribution in [1.82, 2.24) is 15.1 Å². The molecule has 2 atom stereocenters. The van der Waals surface area contributed by atoms with Gasteiger partial charge in [0.25, 0.3) is 5.89 Å². The zero-order valence-corrected chi connectivity index (χ0v) is 14.2. The van der Waals surface area contributed by atoms with Gasteiger partial charge in [0.05, 0.1) is 0 Å². The van der Waals surface area contributed by atoms with Crippen molar-refractivity contribution >= 4 is 12.1 Å². The summed E-state index contributed by atoms with van der Waals surface area (Å²) in [5, 5.41) is 7.53. The van der Waals surface area contributed by atoms with Crippen LogP contribution in [-0.4, -0.2) is 45.3 Å². The fourth-order valence-electron chi connectivity index (χ4n) is 2.33. The van der Waals surface area contributed by atoms with Crippen LogP contribution in [0.2, 0.25) is 0 Å². The highest BCUT2D eigenvalue weighted by Crippen LogP contribution is 2.24. The highest BCUT2D eigenvalue weighted by atomic mass is 16.6. The van der Waals surface area contributed by atoms with E-state index in [0.29, 0.717) is 18.9 Å².